The van der Waals surface area contributed by atoms with Gasteiger partial charge in [0.15, 0.2) is 0 Å². The number of hydrogen-bond donors (Lipinski definition) is 1. The number of nitrogens with zero attached hydrogens (tertiary/aromatic N) is 1. The highest BCUT2D eigenvalue weighted by molar-refractivity contribution is 6.30. The highest BCUT2D eigenvalue weighted by atomic mass is 35.5. The lowest BCUT2D eigenvalue weighted by molar-refractivity contribution is -0.0959. The first-order valence-corrected chi connectivity index (χ1v) is 7.64. The molecule has 1 aliphatic carbocycles. The average Bonchev–Trinajstić information content (AvgIpc) is 2.99. The molecule has 0 aromatic heterocycles. The van der Waals surface area contributed by atoms with E-state index in [1.165, 1.54) is 6.07 Å². The fourth-order valence-electron chi connectivity index (χ4n) is 3.52. The van der Waals surface area contributed by atoms with Crippen LogP contribution in [0.4, 0.5) is 18.0 Å². The van der Waals surface area contributed by atoms with Crippen molar-refractivity contribution in [3.8, 4) is 5.75 Å². The van der Waals surface area contributed by atoms with Crippen LogP contribution in [0.2, 0.25) is 5.02 Å². The molecule has 0 radical (unpaired) electrons. The predicted octanol–water partition coefficient (Wildman–Crippen LogP) is 3.60. The predicted molar refractivity (Wildman–Crippen MR) is 76.3 cm³/mol. The highest BCUT2D eigenvalue weighted by Crippen LogP contribution is 2.49. The van der Waals surface area contributed by atoms with Gasteiger partial charge in [0.25, 0.3) is 5.92 Å². The van der Waals surface area contributed by atoms with Gasteiger partial charge in [-0.2, -0.15) is 0 Å². The first-order chi connectivity index (χ1) is 10.7. The molecule has 1 unspecified atom stereocenters. The van der Waals surface area contributed by atoms with Crippen molar-refractivity contribution in [1.29, 1.82) is 0 Å². The molecule has 1 atom stereocenters. The molecule has 3 rings (SSSR count). The Morgan fingerprint density at radius 3 is 2.57 bits per heavy atom. The second-order valence-corrected chi connectivity index (χ2v) is 6.47. The minimum absolute atomic E-state index is 0.0233. The highest BCUT2D eigenvalue weighted by Gasteiger charge is 2.65. The lowest BCUT2D eigenvalue weighted by Crippen LogP contribution is -2.52. The van der Waals surface area contributed by atoms with Gasteiger partial charge in [-0.25, -0.2) is 18.0 Å². The number of alkyl halides is 2. The Morgan fingerprint density at radius 2 is 1.96 bits per heavy atom. The Bertz CT molecular complexity index is 614. The largest absolute Gasteiger partial charge is 0.416 e. The van der Waals surface area contributed by atoms with Gasteiger partial charge in [0, 0.05) is 11.1 Å². The smallest absolute Gasteiger partial charge is 0.410 e. The van der Waals surface area contributed by atoms with E-state index in [2.05, 4.69) is 0 Å². The summed E-state index contributed by atoms with van der Waals surface area (Å²) in [5.41, 5.74) is -1.32. The van der Waals surface area contributed by atoms with Crippen molar-refractivity contribution in [3.05, 3.63) is 29.0 Å². The molecule has 4 nitrogen and oxygen atoms in total. The second kappa shape index (κ2) is 5.56. The van der Waals surface area contributed by atoms with Gasteiger partial charge in [-0.15, -0.1) is 0 Å². The SMILES string of the molecule is O=C(Oc1cc(F)cc(Cl)c1)N1CC(F)(F)C(O)C12CCCC2. The summed E-state index contributed by atoms with van der Waals surface area (Å²) in [6.45, 7) is -0.921. The van der Waals surface area contributed by atoms with Crippen molar-refractivity contribution in [2.24, 2.45) is 0 Å². The molecule has 1 saturated carbocycles. The molecule has 1 aliphatic heterocycles. The van der Waals surface area contributed by atoms with Crippen LogP contribution in [-0.4, -0.2) is 40.2 Å². The fourth-order valence-corrected chi connectivity index (χ4v) is 3.73. The van der Waals surface area contributed by atoms with Crippen molar-refractivity contribution < 1.29 is 27.8 Å². The topological polar surface area (TPSA) is 49.8 Å². The third kappa shape index (κ3) is 2.76. The molecule has 1 spiro atoms. The van der Waals surface area contributed by atoms with Crippen molar-refractivity contribution in [3.63, 3.8) is 0 Å². The molecule has 2 aliphatic rings. The van der Waals surface area contributed by atoms with Crippen LogP contribution in [0.3, 0.4) is 0 Å². The number of carbonyl (C=O) groups excluding carboxylic acids is 1. The van der Waals surface area contributed by atoms with E-state index in [0.717, 1.165) is 17.0 Å². The maximum Gasteiger partial charge on any atom is 0.416 e. The number of benzene rings is 1. The zero-order chi connectivity index (χ0) is 16.8. The number of hydrogen-bond acceptors (Lipinski definition) is 3. The van der Waals surface area contributed by atoms with E-state index in [4.69, 9.17) is 16.3 Å². The molecule has 8 heteroatoms. The summed E-state index contributed by atoms with van der Waals surface area (Å²) in [4.78, 5) is 13.2. The van der Waals surface area contributed by atoms with E-state index in [1.54, 1.807) is 0 Å². The molecule has 1 N–H and O–H groups in total. The summed E-state index contributed by atoms with van der Waals surface area (Å²) in [7, 11) is 0. The molecule has 1 aromatic carbocycles. The monoisotopic (exact) mass is 349 g/mol. The maximum absolute atomic E-state index is 13.9. The second-order valence-electron chi connectivity index (χ2n) is 6.03. The average molecular weight is 350 g/mol. The van der Waals surface area contributed by atoms with Gasteiger partial charge in [0.1, 0.15) is 17.7 Å². The third-order valence-corrected chi connectivity index (χ3v) is 4.76. The summed E-state index contributed by atoms with van der Waals surface area (Å²) < 4.78 is 46.2. The van der Waals surface area contributed by atoms with E-state index in [0.29, 0.717) is 12.8 Å². The van der Waals surface area contributed by atoms with Crippen LogP contribution in [0.25, 0.3) is 0 Å². The van der Waals surface area contributed by atoms with Crippen molar-refractivity contribution >= 4 is 17.7 Å². The summed E-state index contributed by atoms with van der Waals surface area (Å²) in [5.74, 6) is -4.27. The van der Waals surface area contributed by atoms with Crippen molar-refractivity contribution in [2.45, 2.75) is 43.2 Å². The molecule has 126 valence electrons. The van der Waals surface area contributed by atoms with E-state index < -0.39 is 36.0 Å². The quantitative estimate of drug-likeness (QED) is 0.842. The summed E-state index contributed by atoms with van der Waals surface area (Å²) in [6.07, 6.45) is -1.12. The van der Waals surface area contributed by atoms with Crippen LogP contribution < -0.4 is 4.74 Å². The number of likely N-dealkylation sites (tertiary alicyclic amines) is 1. The van der Waals surface area contributed by atoms with Crippen LogP contribution >= 0.6 is 11.6 Å². The number of carbonyl (C=O) groups is 1. The number of ether oxygens (including phenoxy) is 1. The van der Waals surface area contributed by atoms with Gasteiger partial charge in [-0.05, 0) is 25.0 Å². The summed E-state index contributed by atoms with van der Waals surface area (Å²) in [6, 6.07) is 3.19. The minimum atomic E-state index is -3.40. The van der Waals surface area contributed by atoms with Crippen LogP contribution in [-0.2, 0) is 0 Å². The molecule has 1 heterocycles. The molecule has 0 bridgehead atoms. The van der Waals surface area contributed by atoms with E-state index >= 15 is 0 Å². The third-order valence-electron chi connectivity index (χ3n) is 4.55. The van der Waals surface area contributed by atoms with Crippen LogP contribution in [0.5, 0.6) is 5.75 Å². The maximum atomic E-state index is 13.9. The van der Waals surface area contributed by atoms with Crippen LogP contribution in [0, 0.1) is 5.82 Å². The Labute approximate surface area is 135 Å². The lowest BCUT2D eigenvalue weighted by atomic mass is 9.90. The molecule has 1 saturated heterocycles. The fraction of sp³-hybridized carbons (Fsp3) is 0.533. The van der Waals surface area contributed by atoms with Gasteiger partial charge >= 0.3 is 6.09 Å². The Kier molecular flexibility index (Phi) is 3.96. The van der Waals surface area contributed by atoms with Gasteiger partial charge in [-0.1, -0.05) is 24.4 Å². The van der Waals surface area contributed by atoms with E-state index in [9.17, 15) is 23.1 Å². The Hall–Kier alpha value is -1.47. The van der Waals surface area contributed by atoms with Crippen molar-refractivity contribution in [2.75, 3.05) is 6.54 Å². The zero-order valence-electron chi connectivity index (χ0n) is 12.1. The van der Waals surface area contributed by atoms with Gasteiger partial charge in [-0.3, -0.25) is 4.90 Å². The molecule has 2 fully saturated rings. The van der Waals surface area contributed by atoms with Crippen molar-refractivity contribution in [1.82, 2.24) is 4.90 Å². The van der Waals surface area contributed by atoms with Gasteiger partial charge in [0.05, 0.1) is 12.1 Å². The molecule has 1 aromatic rings. The summed E-state index contributed by atoms with van der Waals surface area (Å²) >= 11 is 5.68. The number of halogens is 4. The number of aliphatic hydroxyl groups is 1. The molecular weight excluding hydrogens is 335 g/mol. The normalized spacial score (nSPS) is 25.1. The first-order valence-electron chi connectivity index (χ1n) is 7.26. The van der Waals surface area contributed by atoms with E-state index in [-0.39, 0.29) is 23.6 Å². The Balaban J connectivity index is 1.86. The number of amides is 1. The minimum Gasteiger partial charge on any atom is -0.410 e. The van der Waals surface area contributed by atoms with E-state index in [1.807, 2.05) is 0 Å². The molecule has 1 amide bonds. The summed E-state index contributed by atoms with van der Waals surface area (Å²) in [5, 5.41) is 10.0. The lowest BCUT2D eigenvalue weighted by Gasteiger charge is -2.35. The van der Waals surface area contributed by atoms with Crippen LogP contribution in [0.15, 0.2) is 18.2 Å². The standard InChI is InChI=1S/C15H15ClF3NO3/c16-9-5-10(17)7-11(6-9)23-13(22)20-8-15(18,19)12(21)14(20)3-1-2-4-14/h5-7,12,21H,1-4,8H2. The Morgan fingerprint density at radius 1 is 1.30 bits per heavy atom. The van der Waals surface area contributed by atoms with Crippen LogP contribution in [0.1, 0.15) is 25.7 Å². The number of rotatable bonds is 1. The van der Waals surface area contributed by atoms with Gasteiger partial charge < -0.3 is 9.84 Å². The molecular formula is C15H15ClF3NO3. The first kappa shape index (κ1) is 16.4. The molecule has 23 heavy (non-hydrogen) atoms. The zero-order valence-corrected chi connectivity index (χ0v) is 12.8. The number of aliphatic hydroxyl groups excluding tert-OH is 1. The van der Waals surface area contributed by atoms with Gasteiger partial charge in [0.2, 0.25) is 0 Å².